The van der Waals surface area contributed by atoms with Gasteiger partial charge in [-0.1, -0.05) is 39.8 Å². The van der Waals surface area contributed by atoms with Crippen LogP contribution in [-0.2, 0) is 17.4 Å². The van der Waals surface area contributed by atoms with Crippen molar-refractivity contribution in [2.24, 2.45) is 0 Å². The fourth-order valence-electron chi connectivity index (χ4n) is 5.31. The van der Waals surface area contributed by atoms with E-state index in [-0.39, 0.29) is 10.8 Å². The second kappa shape index (κ2) is 7.86. The van der Waals surface area contributed by atoms with Gasteiger partial charge in [-0.2, -0.15) is 0 Å². The molecule has 1 aliphatic heterocycles. The van der Waals surface area contributed by atoms with Crippen molar-refractivity contribution in [1.29, 1.82) is 0 Å². The molecule has 0 amide bonds. The van der Waals surface area contributed by atoms with Crippen molar-refractivity contribution in [2.75, 3.05) is 13.1 Å². The number of thiazole rings is 1. The molecule has 3 heterocycles. The van der Waals surface area contributed by atoms with Crippen molar-refractivity contribution in [2.45, 2.75) is 76.7 Å². The predicted octanol–water partition coefficient (Wildman–Crippen LogP) is 6.26. The van der Waals surface area contributed by atoms with Crippen molar-refractivity contribution < 1.29 is 0 Å². The molecule has 5 rings (SSSR count). The summed E-state index contributed by atoms with van der Waals surface area (Å²) in [5.74, 6) is 0.588. The molecule has 0 spiro atoms. The molecule has 31 heavy (non-hydrogen) atoms. The number of imidazole rings is 1. The summed E-state index contributed by atoms with van der Waals surface area (Å²) in [6, 6.07) is 7.11. The molecule has 5 heteroatoms. The second-order valence-corrected chi connectivity index (χ2v) is 11.6. The third kappa shape index (κ3) is 4.10. The summed E-state index contributed by atoms with van der Waals surface area (Å²) in [5.41, 5.74) is 7.18. The minimum atomic E-state index is 0.237. The first kappa shape index (κ1) is 20.9. The van der Waals surface area contributed by atoms with Gasteiger partial charge in [0.25, 0.3) is 0 Å². The van der Waals surface area contributed by atoms with Crippen LogP contribution in [0.3, 0.4) is 0 Å². The molecule has 4 nitrogen and oxygen atoms in total. The first-order chi connectivity index (χ1) is 14.8. The third-order valence-corrected chi connectivity index (χ3v) is 8.56. The van der Waals surface area contributed by atoms with E-state index in [0.717, 1.165) is 25.3 Å². The van der Waals surface area contributed by atoms with Gasteiger partial charge >= 0.3 is 0 Å². The van der Waals surface area contributed by atoms with Crippen molar-refractivity contribution in [3.63, 3.8) is 0 Å². The van der Waals surface area contributed by atoms with Crippen LogP contribution in [0.15, 0.2) is 36.1 Å². The zero-order valence-electron chi connectivity index (χ0n) is 19.2. The number of hydrogen-bond donors (Lipinski definition) is 1. The summed E-state index contributed by atoms with van der Waals surface area (Å²) in [6.45, 7) is 12.8. The molecule has 1 aliphatic carbocycles. The van der Waals surface area contributed by atoms with Gasteiger partial charge in [0, 0.05) is 35.3 Å². The highest BCUT2D eigenvalue weighted by atomic mass is 32.1. The van der Waals surface area contributed by atoms with Gasteiger partial charge in [-0.15, -0.1) is 11.3 Å². The Morgan fingerprint density at radius 3 is 2.52 bits per heavy atom. The Bertz CT molecular complexity index is 1040. The summed E-state index contributed by atoms with van der Waals surface area (Å²) < 4.78 is 0. The van der Waals surface area contributed by atoms with Crippen LogP contribution < -0.4 is 0 Å². The van der Waals surface area contributed by atoms with Crippen molar-refractivity contribution in [3.8, 4) is 11.3 Å². The van der Waals surface area contributed by atoms with Gasteiger partial charge in [-0.25, -0.2) is 9.97 Å². The molecule has 1 saturated heterocycles. The monoisotopic (exact) mass is 434 g/mol. The fourth-order valence-corrected chi connectivity index (χ4v) is 6.31. The Labute approximate surface area is 190 Å². The molecule has 0 atom stereocenters. The van der Waals surface area contributed by atoms with E-state index in [0.29, 0.717) is 5.92 Å². The summed E-state index contributed by atoms with van der Waals surface area (Å²) in [4.78, 5) is 15.0. The van der Waals surface area contributed by atoms with E-state index in [1.807, 2.05) is 17.5 Å². The first-order valence-electron chi connectivity index (χ1n) is 11.6. The molecule has 2 aromatic heterocycles. The SMILES string of the molecule is CC1(C)CCC(C)(C)c2cc(-c3csc(C4CCN(Cc5cnc[nH]5)CC4)n3)ccc21. The van der Waals surface area contributed by atoms with Crippen molar-refractivity contribution >= 4 is 11.3 Å². The van der Waals surface area contributed by atoms with E-state index in [2.05, 4.69) is 66.1 Å². The van der Waals surface area contributed by atoms with Crippen LogP contribution in [0.5, 0.6) is 0 Å². The van der Waals surface area contributed by atoms with Crippen LogP contribution in [-0.4, -0.2) is 32.9 Å². The largest absolute Gasteiger partial charge is 0.347 e. The quantitative estimate of drug-likeness (QED) is 0.527. The molecular formula is C26H34N4S. The molecule has 1 fully saturated rings. The van der Waals surface area contributed by atoms with E-state index in [1.165, 1.54) is 53.1 Å². The molecule has 1 aromatic carbocycles. The van der Waals surface area contributed by atoms with Gasteiger partial charge < -0.3 is 4.98 Å². The van der Waals surface area contributed by atoms with E-state index in [4.69, 9.17) is 4.98 Å². The van der Waals surface area contributed by atoms with Gasteiger partial charge in [0.15, 0.2) is 0 Å². The Morgan fingerprint density at radius 2 is 1.81 bits per heavy atom. The molecular weight excluding hydrogens is 400 g/mol. The standard InChI is InChI=1S/C26H34N4S/c1-25(2)9-10-26(3,4)22-13-19(5-6-21(22)25)23-16-31-24(29-23)18-7-11-30(12-8-18)15-20-14-27-17-28-20/h5-6,13-14,16-18H,7-12,15H2,1-4H3,(H,27,28). The van der Waals surface area contributed by atoms with Crippen molar-refractivity contribution in [1.82, 2.24) is 19.9 Å². The number of hydrogen-bond acceptors (Lipinski definition) is 4. The molecule has 0 saturated carbocycles. The first-order valence-corrected chi connectivity index (χ1v) is 12.5. The second-order valence-electron chi connectivity index (χ2n) is 10.7. The maximum atomic E-state index is 5.12. The molecule has 0 radical (unpaired) electrons. The van der Waals surface area contributed by atoms with Gasteiger partial charge in [0.05, 0.1) is 17.0 Å². The fraction of sp³-hybridized carbons (Fsp3) is 0.538. The lowest BCUT2D eigenvalue weighted by Crippen LogP contribution is -2.33. The summed E-state index contributed by atoms with van der Waals surface area (Å²) >= 11 is 1.85. The molecule has 164 valence electrons. The number of rotatable bonds is 4. The van der Waals surface area contributed by atoms with Crippen molar-refractivity contribution in [3.05, 3.63) is 57.9 Å². The highest BCUT2D eigenvalue weighted by Gasteiger charge is 2.37. The van der Waals surface area contributed by atoms with E-state index >= 15 is 0 Å². The maximum absolute atomic E-state index is 5.12. The minimum Gasteiger partial charge on any atom is -0.347 e. The lowest BCUT2D eigenvalue weighted by atomic mass is 9.63. The lowest BCUT2D eigenvalue weighted by Gasteiger charge is -2.42. The Hall–Kier alpha value is -1.98. The minimum absolute atomic E-state index is 0.237. The number of piperidine rings is 1. The summed E-state index contributed by atoms with van der Waals surface area (Å²) in [7, 11) is 0. The zero-order valence-corrected chi connectivity index (χ0v) is 20.1. The number of nitrogens with one attached hydrogen (secondary N) is 1. The highest BCUT2D eigenvalue weighted by Crippen LogP contribution is 2.47. The molecule has 2 aliphatic rings. The summed E-state index contributed by atoms with van der Waals surface area (Å²) in [5, 5.41) is 3.59. The number of aromatic amines is 1. The third-order valence-electron chi connectivity index (χ3n) is 7.56. The van der Waals surface area contributed by atoms with E-state index in [9.17, 15) is 0 Å². The smallest absolute Gasteiger partial charge is 0.0964 e. The number of aromatic nitrogens is 3. The summed E-state index contributed by atoms with van der Waals surface area (Å²) in [6.07, 6.45) is 8.57. The number of H-pyrrole nitrogens is 1. The lowest BCUT2D eigenvalue weighted by molar-refractivity contribution is 0.202. The Balaban J connectivity index is 1.31. The topological polar surface area (TPSA) is 44.8 Å². The molecule has 0 unspecified atom stereocenters. The molecule has 0 bridgehead atoms. The van der Waals surface area contributed by atoms with Gasteiger partial charge in [0.2, 0.25) is 0 Å². The number of benzene rings is 1. The molecule has 3 aromatic rings. The number of fused-ring (bicyclic) bond motifs is 1. The van der Waals surface area contributed by atoms with Gasteiger partial charge in [-0.05, 0) is 66.8 Å². The van der Waals surface area contributed by atoms with Crippen LogP contribution in [0.25, 0.3) is 11.3 Å². The Morgan fingerprint density at radius 1 is 1.06 bits per heavy atom. The predicted molar refractivity (Wildman–Crippen MR) is 129 cm³/mol. The number of nitrogens with zero attached hydrogens (tertiary/aromatic N) is 3. The van der Waals surface area contributed by atoms with Crippen LogP contribution in [0.2, 0.25) is 0 Å². The van der Waals surface area contributed by atoms with Crippen LogP contribution in [0, 0.1) is 0 Å². The van der Waals surface area contributed by atoms with Crippen LogP contribution in [0.4, 0.5) is 0 Å². The van der Waals surface area contributed by atoms with Gasteiger partial charge in [-0.3, -0.25) is 4.90 Å². The van der Waals surface area contributed by atoms with E-state index in [1.54, 1.807) is 6.33 Å². The van der Waals surface area contributed by atoms with Crippen LogP contribution >= 0.6 is 11.3 Å². The normalized spacial score (nSPS) is 21.2. The van der Waals surface area contributed by atoms with Crippen LogP contribution in [0.1, 0.15) is 81.1 Å². The maximum Gasteiger partial charge on any atom is 0.0964 e. The highest BCUT2D eigenvalue weighted by molar-refractivity contribution is 7.10. The zero-order chi connectivity index (χ0) is 21.6. The average molecular weight is 435 g/mol. The van der Waals surface area contributed by atoms with Gasteiger partial charge in [0.1, 0.15) is 0 Å². The molecule has 1 N–H and O–H groups in total. The van der Waals surface area contributed by atoms with E-state index < -0.39 is 0 Å². The number of likely N-dealkylation sites (tertiary alicyclic amines) is 1. The Kier molecular flexibility index (Phi) is 5.30. The average Bonchev–Trinajstić information content (AvgIpc) is 3.44.